The largest absolute Gasteiger partial charge is 0.574 e. The van der Waals surface area contributed by atoms with Crippen molar-refractivity contribution in [1.82, 2.24) is 4.98 Å². The maximum absolute atomic E-state index is 12.2. The third kappa shape index (κ3) is 4.26. The molecule has 0 N–H and O–H groups in total. The molecule has 5 nitrogen and oxygen atoms in total. The van der Waals surface area contributed by atoms with E-state index >= 15 is 0 Å². The van der Waals surface area contributed by atoms with Gasteiger partial charge in [0.05, 0.1) is 19.3 Å². The molecule has 1 aromatic rings. The second kappa shape index (κ2) is 6.78. The van der Waals surface area contributed by atoms with Crippen molar-refractivity contribution in [3.05, 3.63) is 17.2 Å². The summed E-state index contributed by atoms with van der Waals surface area (Å²) in [6.45, 7) is 1.66. The number of ether oxygens (including phenoxy) is 3. The van der Waals surface area contributed by atoms with Gasteiger partial charge in [-0.3, -0.25) is 0 Å². The highest BCUT2D eigenvalue weighted by Gasteiger charge is 2.33. The molecule has 1 rings (SSSR count). The molecule has 0 spiro atoms. The molecule has 0 amide bonds. The van der Waals surface area contributed by atoms with E-state index in [0.29, 0.717) is 0 Å². The number of halogens is 4. The molecule has 0 aliphatic heterocycles. The molecular weight excluding hydrogens is 347 g/mol. The van der Waals surface area contributed by atoms with Crippen molar-refractivity contribution < 1.29 is 32.2 Å². The Bertz CT molecular complexity index is 493. The zero-order valence-electron chi connectivity index (χ0n) is 10.6. The molecule has 0 saturated heterocycles. The Balaban J connectivity index is 3.30. The summed E-state index contributed by atoms with van der Waals surface area (Å²) >= 11 is 3.11. The van der Waals surface area contributed by atoms with Gasteiger partial charge in [0, 0.05) is 17.0 Å². The molecule has 0 aliphatic carbocycles. The van der Waals surface area contributed by atoms with Gasteiger partial charge in [-0.25, -0.2) is 4.79 Å². The van der Waals surface area contributed by atoms with Crippen LogP contribution >= 0.6 is 15.9 Å². The standard InChI is InChI=1S/C11H11BrF3NO4/c1-3-19-10(17)6-4-8(20-11(13,14)15)16-9(18-2)7(6)5-12/h4H,3,5H2,1-2H3. The van der Waals surface area contributed by atoms with Crippen LogP contribution < -0.4 is 9.47 Å². The average Bonchev–Trinajstić information content (AvgIpc) is 2.35. The van der Waals surface area contributed by atoms with Crippen LogP contribution in [0.5, 0.6) is 11.8 Å². The number of aromatic nitrogens is 1. The molecule has 0 unspecified atom stereocenters. The lowest BCUT2D eigenvalue weighted by atomic mass is 10.1. The van der Waals surface area contributed by atoms with Crippen LogP contribution in [0, 0.1) is 0 Å². The second-order valence-corrected chi connectivity index (χ2v) is 3.96. The molecule has 0 fully saturated rings. The van der Waals surface area contributed by atoms with Crippen molar-refractivity contribution >= 4 is 21.9 Å². The minimum absolute atomic E-state index is 0.0840. The Kier molecular flexibility index (Phi) is 5.61. The third-order valence-corrected chi connectivity index (χ3v) is 2.67. The molecule has 0 radical (unpaired) electrons. The van der Waals surface area contributed by atoms with Crippen LogP contribution in [0.4, 0.5) is 13.2 Å². The summed E-state index contributed by atoms with van der Waals surface area (Å²) in [5.74, 6) is -1.72. The number of esters is 1. The van der Waals surface area contributed by atoms with Crippen LogP contribution in [0.1, 0.15) is 22.8 Å². The van der Waals surface area contributed by atoms with Gasteiger partial charge in [0.15, 0.2) is 0 Å². The number of pyridine rings is 1. The molecule has 1 aromatic heterocycles. The maximum Gasteiger partial charge on any atom is 0.574 e. The van der Waals surface area contributed by atoms with Crippen molar-refractivity contribution in [3.8, 4) is 11.8 Å². The molecule has 20 heavy (non-hydrogen) atoms. The van der Waals surface area contributed by atoms with Crippen LogP contribution in [0.15, 0.2) is 6.07 Å². The van der Waals surface area contributed by atoms with E-state index in [0.717, 1.165) is 6.07 Å². The number of carbonyl (C=O) groups excluding carboxylic acids is 1. The fraction of sp³-hybridized carbons (Fsp3) is 0.455. The molecule has 0 aromatic carbocycles. The number of hydrogen-bond donors (Lipinski definition) is 0. The van der Waals surface area contributed by atoms with Gasteiger partial charge < -0.3 is 14.2 Å². The number of rotatable bonds is 5. The van der Waals surface area contributed by atoms with Crippen LogP contribution in [-0.2, 0) is 10.1 Å². The minimum atomic E-state index is -4.92. The zero-order valence-corrected chi connectivity index (χ0v) is 12.2. The van der Waals surface area contributed by atoms with Crippen molar-refractivity contribution in [2.24, 2.45) is 0 Å². The van der Waals surface area contributed by atoms with E-state index in [1.165, 1.54) is 7.11 Å². The molecule has 0 atom stereocenters. The first-order chi connectivity index (χ1) is 9.32. The van der Waals surface area contributed by atoms with E-state index in [1.54, 1.807) is 6.92 Å². The normalized spacial score (nSPS) is 11.1. The number of carbonyl (C=O) groups is 1. The van der Waals surface area contributed by atoms with E-state index in [-0.39, 0.29) is 28.9 Å². The Morgan fingerprint density at radius 2 is 2.10 bits per heavy atom. The SMILES string of the molecule is CCOC(=O)c1cc(OC(F)(F)F)nc(OC)c1CBr. The smallest absolute Gasteiger partial charge is 0.481 e. The predicted molar refractivity (Wildman–Crippen MR) is 66.1 cm³/mol. The summed E-state index contributed by atoms with van der Waals surface area (Å²) in [6.07, 6.45) is -4.92. The van der Waals surface area contributed by atoms with Gasteiger partial charge >= 0.3 is 12.3 Å². The van der Waals surface area contributed by atoms with Crippen LogP contribution in [0.2, 0.25) is 0 Å². The number of alkyl halides is 4. The van der Waals surface area contributed by atoms with Gasteiger partial charge in [-0.2, -0.15) is 4.98 Å². The quantitative estimate of drug-likeness (QED) is 0.598. The predicted octanol–water partition coefficient (Wildman–Crippen LogP) is 3.06. The third-order valence-electron chi connectivity index (χ3n) is 2.11. The van der Waals surface area contributed by atoms with E-state index in [1.807, 2.05) is 0 Å². The number of methoxy groups -OCH3 is 1. The highest BCUT2D eigenvalue weighted by atomic mass is 79.9. The zero-order chi connectivity index (χ0) is 15.3. The van der Waals surface area contributed by atoms with Gasteiger partial charge in [-0.1, -0.05) is 15.9 Å². The maximum atomic E-state index is 12.2. The first kappa shape index (κ1) is 16.5. The number of nitrogens with zero attached hydrogens (tertiary/aromatic N) is 1. The molecule has 112 valence electrons. The van der Waals surface area contributed by atoms with Gasteiger partial charge in [-0.15, -0.1) is 13.2 Å². The Hall–Kier alpha value is -1.51. The van der Waals surface area contributed by atoms with Gasteiger partial charge in [0.2, 0.25) is 11.8 Å². The minimum Gasteiger partial charge on any atom is -0.481 e. The molecule has 0 bridgehead atoms. The Morgan fingerprint density at radius 3 is 2.55 bits per heavy atom. The van der Waals surface area contributed by atoms with Gasteiger partial charge in [-0.05, 0) is 6.92 Å². The first-order valence-electron chi connectivity index (χ1n) is 5.39. The summed E-state index contributed by atoms with van der Waals surface area (Å²) in [6, 6.07) is 0.866. The lowest BCUT2D eigenvalue weighted by Crippen LogP contribution is -2.19. The molecule has 9 heteroatoms. The fourth-order valence-corrected chi connectivity index (χ4v) is 1.93. The van der Waals surface area contributed by atoms with Crippen molar-refractivity contribution in [1.29, 1.82) is 0 Å². The van der Waals surface area contributed by atoms with Crippen molar-refractivity contribution in [2.75, 3.05) is 13.7 Å². The van der Waals surface area contributed by atoms with Crippen molar-refractivity contribution in [3.63, 3.8) is 0 Å². The highest BCUT2D eigenvalue weighted by Crippen LogP contribution is 2.30. The molecule has 0 aliphatic rings. The topological polar surface area (TPSA) is 57.7 Å². The van der Waals surface area contributed by atoms with Crippen molar-refractivity contribution in [2.45, 2.75) is 18.6 Å². The summed E-state index contributed by atoms with van der Waals surface area (Å²) in [7, 11) is 1.22. The summed E-state index contributed by atoms with van der Waals surface area (Å²) in [5.41, 5.74) is 0.176. The average molecular weight is 358 g/mol. The van der Waals surface area contributed by atoms with Gasteiger partial charge in [0.25, 0.3) is 0 Å². The van der Waals surface area contributed by atoms with E-state index < -0.39 is 18.2 Å². The lowest BCUT2D eigenvalue weighted by Gasteiger charge is -2.14. The van der Waals surface area contributed by atoms with Crippen LogP contribution in [0.3, 0.4) is 0 Å². The summed E-state index contributed by atoms with van der Waals surface area (Å²) < 4.78 is 50.0. The Morgan fingerprint density at radius 1 is 1.45 bits per heavy atom. The van der Waals surface area contributed by atoms with E-state index in [4.69, 9.17) is 9.47 Å². The number of hydrogen-bond acceptors (Lipinski definition) is 5. The first-order valence-corrected chi connectivity index (χ1v) is 6.51. The molecule has 0 saturated carbocycles. The van der Waals surface area contributed by atoms with Gasteiger partial charge in [0.1, 0.15) is 0 Å². The van der Waals surface area contributed by atoms with E-state index in [2.05, 4.69) is 25.7 Å². The summed E-state index contributed by atoms with van der Waals surface area (Å²) in [5, 5.41) is 0.156. The van der Waals surface area contributed by atoms with E-state index in [9.17, 15) is 18.0 Å². The highest BCUT2D eigenvalue weighted by molar-refractivity contribution is 9.08. The fourth-order valence-electron chi connectivity index (χ4n) is 1.39. The lowest BCUT2D eigenvalue weighted by molar-refractivity contribution is -0.276. The molecule has 1 heterocycles. The second-order valence-electron chi connectivity index (χ2n) is 3.40. The summed E-state index contributed by atoms with van der Waals surface area (Å²) in [4.78, 5) is 15.3. The Labute approximate surface area is 121 Å². The molecular formula is C11H11BrF3NO4. The van der Waals surface area contributed by atoms with Crippen LogP contribution in [0.25, 0.3) is 0 Å². The monoisotopic (exact) mass is 357 g/mol. The van der Waals surface area contributed by atoms with Crippen LogP contribution in [-0.4, -0.2) is 31.0 Å².